The van der Waals surface area contributed by atoms with Crippen LogP contribution in [0.1, 0.15) is 5.89 Å². The van der Waals surface area contributed by atoms with Crippen LogP contribution in [0.4, 0.5) is 10.1 Å². The van der Waals surface area contributed by atoms with Crippen LogP contribution in [0, 0.1) is 5.82 Å². The molecule has 20 heavy (non-hydrogen) atoms. The fraction of sp³-hybridized carbons (Fsp3) is 0.200. The van der Waals surface area contributed by atoms with E-state index < -0.39 is 15.8 Å². The van der Waals surface area contributed by atoms with Crippen LogP contribution in [-0.4, -0.2) is 25.1 Å². The average Bonchev–Trinajstić information content (AvgIpc) is 2.86. The molecule has 3 N–H and O–H groups in total. The van der Waals surface area contributed by atoms with Crippen LogP contribution in [0.5, 0.6) is 0 Å². The molecule has 0 saturated heterocycles. The fourth-order valence-corrected chi connectivity index (χ4v) is 3.01. The molecule has 10 heteroatoms. The number of halogens is 2. The van der Waals surface area contributed by atoms with Crippen molar-refractivity contribution in [3.05, 3.63) is 35.2 Å². The van der Waals surface area contributed by atoms with Crippen LogP contribution in [0.15, 0.2) is 27.9 Å². The topological polar surface area (TPSA) is 111 Å². The lowest BCUT2D eigenvalue weighted by molar-refractivity contribution is 0.377. The Balaban J connectivity index is 2.12. The summed E-state index contributed by atoms with van der Waals surface area (Å²) >= 11 is 5.71. The van der Waals surface area contributed by atoms with Crippen molar-refractivity contribution < 1.29 is 17.3 Å². The minimum absolute atomic E-state index is 0.0259. The van der Waals surface area contributed by atoms with E-state index in [0.717, 1.165) is 12.1 Å². The number of nitrogens with one attached hydrogen (secondary N) is 1. The third-order valence-electron chi connectivity index (χ3n) is 2.38. The lowest BCUT2D eigenvalue weighted by Gasteiger charge is -2.08. The molecular formula is C10H10ClFN4O3S. The Labute approximate surface area is 119 Å². The molecule has 0 fully saturated rings. The number of benzene rings is 1. The summed E-state index contributed by atoms with van der Waals surface area (Å²) in [5.74, 6) is -0.489. The van der Waals surface area contributed by atoms with Crippen LogP contribution < -0.4 is 10.5 Å². The first kappa shape index (κ1) is 14.7. The quantitative estimate of drug-likeness (QED) is 0.794. The minimum Gasteiger partial charge on any atom is -0.396 e. The first-order chi connectivity index (χ1) is 9.40. The van der Waals surface area contributed by atoms with Crippen molar-refractivity contribution in [1.82, 2.24) is 14.9 Å². The van der Waals surface area contributed by atoms with E-state index in [1.807, 2.05) is 0 Å². The van der Waals surface area contributed by atoms with Crippen LogP contribution in [-0.2, 0) is 16.4 Å². The monoisotopic (exact) mass is 320 g/mol. The normalized spacial score (nSPS) is 11.7. The maximum atomic E-state index is 13.1. The third kappa shape index (κ3) is 3.24. The first-order valence-electron chi connectivity index (χ1n) is 5.40. The van der Waals surface area contributed by atoms with Gasteiger partial charge in [0, 0.05) is 13.0 Å². The zero-order valence-electron chi connectivity index (χ0n) is 10.0. The predicted octanol–water partition coefficient (Wildman–Crippen LogP) is 0.965. The Kier molecular flexibility index (Phi) is 4.21. The molecule has 0 amide bonds. The van der Waals surface area contributed by atoms with E-state index in [0.29, 0.717) is 0 Å². The predicted molar refractivity (Wildman–Crippen MR) is 69.0 cm³/mol. The highest BCUT2D eigenvalue weighted by Gasteiger charge is 2.20. The summed E-state index contributed by atoms with van der Waals surface area (Å²) in [5.41, 5.74) is 5.03. The summed E-state index contributed by atoms with van der Waals surface area (Å²) in [5, 5.41) is 3.14. The van der Waals surface area contributed by atoms with E-state index in [-0.39, 0.29) is 34.5 Å². The number of rotatable bonds is 5. The van der Waals surface area contributed by atoms with Crippen LogP contribution in [0.25, 0.3) is 0 Å². The molecule has 0 aliphatic heterocycles. The van der Waals surface area contributed by atoms with Crippen molar-refractivity contribution in [2.45, 2.75) is 11.3 Å². The maximum Gasteiger partial charge on any atom is 0.242 e. The van der Waals surface area contributed by atoms with Crippen molar-refractivity contribution in [3.63, 3.8) is 0 Å². The Bertz CT molecular complexity index is 706. The highest BCUT2D eigenvalue weighted by atomic mass is 35.5. The van der Waals surface area contributed by atoms with Crippen molar-refractivity contribution in [1.29, 1.82) is 0 Å². The molecule has 0 unspecified atom stereocenters. The van der Waals surface area contributed by atoms with Gasteiger partial charge < -0.3 is 10.3 Å². The van der Waals surface area contributed by atoms with Gasteiger partial charge in [0.25, 0.3) is 0 Å². The Morgan fingerprint density at radius 3 is 2.85 bits per heavy atom. The number of nitrogens with two attached hydrogens (primary N) is 1. The Morgan fingerprint density at radius 2 is 2.20 bits per heavy atom. The zero-order valence-corrected chi connectivity index (χ0v) is 11.6. The van der Waals surface area contributed by atoms with Gasteiger partial charge in [-0.3, -0.25) is 0 Å². The van der Waals surface area contributed by atoms with Gasteiger partial charge in [0.2, 0.25) is 15.9 Å². The standard InChI is InChI=1S/C10H10ClFN4O3S/c11-6-3-7(12)8(13)4-9(6)20(17,18)16-2-1-10-14-5-15-19-10/h3-5,16H,1-2,13H2. The highest BCUT2D eigenvalue weighted by Crippen LogP contribution is 2.26. The molecule has 0 aliphatic rings. The molecule has 1 heterocycles. The zero-order chi connectivity index (χ0) is 14.8. The van der Waals surface area contributed by atoms with Gasteiger partial charge in [-0.15, -0.1) is 0 Å². The van der Waals surface area contributed by atoms with E-state index in [2.05, 4.69) is 14.9 Å². The van der Waals surface area contributed by atoms with Crippen LogP contribution >= 0.6 is 11.6 Å². The van der Waals surface area contributed by atoms with E-state index in [9.17, 15) is 12.8 Å². The van der Waals surface area contributed by atoms with Crippen LogP contribution in [0.3, 0.4) is 0 Å². The molecule has 2 rings (SSSR count). The molecule has 0 bridgehead atoms. The van der Waals surface area contributed by atoms with Gasteiger partial charge >= 0.3 is 0 Å². The number of sulfonamides is 1. The number of anilines is 1. The van der Waals surface area contributed by atoms with Crippen molar-refractivity contribution in [2.24, 2.45) is 0 Å². The van der Waals surface area contributed by atoms with Crippen LogP contribution in [0.2, 0.25) is 5.02 Å². The summed E-state index contributed by atoms with van der Waals surface area (Å²) in [7, 11) is -3.90. The molecule has 0 aliphatic carbocycles. The fourth-order valence-electron chi connectivity index (χ4n) is 1.43. The molecule has 0 spiro atoms. The van der Waals surface area contributed by atoms with Crippen molar-refractivity contribution >= 4 is 27.3 Å². The van der Waals surface area contributed by atoms with Gasteiger partial charge in [0.05, 0.1) is 10.7 Å². The molecule has 108 valence electrons. The number of hydrogen-bond acceptors (Lipinski definition) is 6. The Morgan fingerprint density at radius 1 is 1.45 bits per heavy atom. The lowest BCUT2D eigenvalue weighted by Crippen LogP contribution is -2.26. The second kappa shape index (κ2) is 5.73. The highest BCUT2D eigenvalue weighted by molar-refractivity contribution is 7.89. The van der Waals surface area contributed by atoms with Gasteiger partial charge in [0.15, 0.2) is 6.33 Å². The first-order valence-corrected chi connectivity index (χ1v) is 7.26. The van der Waals surface area contributed by atoms with E-state index in [4.69, 9.17) is 21.9 Å². The molecule has 1 aromatic heterocycles. The van der Waals surface area contributed by atoms with Gasteiger partial charge in [-0.2, -0.15) is 4.98 Å². The number of aromatic nitrogens is 2. The molecular weight excluding hydrogens is 311 g/mol. The molecule has 1 aromatic carbocycles. The summed E-state index contributed by atoms with van der Waals surface area (Å²) in [4.78, 5) is 3.46. The summed E-state index contributed by atoms with van der Waals surface area (Å²) < 4.78 is 44.1. The maximum absolute atomic E-state index is 13.1. The largest absolute Gasteiger partial charge is 0.396 e. The Hall–Kier alpha value is -1.71. The van der Waals surface area contributed by atoms with Gasteiger partial charge in [-0.1, -0.05) is 16.8 Å². The molecule has 0 radical (unpaired) electrons. The second-order valence-electron chi connectivity index (χ2n) is 3.79. The average molecular weight is 321 g/mol. The van der Waals surface area contributed by atoms with Gasteiger partial charge in [0.1, 0.15) is 10.7 Å². The van der Waals surface area contributed by atoms with E-state index in [1.165, 1.54) is 6.33 Å². The van der Waals surface area contributed by atoms with Gasteiger partial charge in [-0.25, -0.2) is 17.5 Å². The summed E-state index contributed by atoms with van der Waals surface area (Å²) in [6, 6.07) is 1.82. The molecule has 2 aromatic rings. The number of nitrogen functional groups attached to an aromatic ring is 1. The summed E-state index contributed by atoms with van der Waals surface area (Å²) in [6.07, 6.45) is 1.43. The minimum atomic E-state index is -3.90. The molecule has 0 saturated carbocycles. The smallest absolute Gasteiger partial charge is 0.242 e. The second-order valence-corrected chi connectivity index (χ2v) is 5.93. The summed E-state index contributed by atoms with van der Waals surface area (Å²) in [6.45, 7) is 0.0259. The number of hydrogen-bond donors (Lipinski definition) is 2. The number of nitrogens with zero attached hydrogens (tertiary/aromatic N) is 2. The molecule has 0 atom stereocenters. The van der Waals surface area contributed by atoms with Crippen molar-refractivity contribution in [3.8, 4) is 0 Å². The third-order valence-corrected chi connectivity index (χ3v) is 4.30. The van der Waals surface area contributed by atoms with Crippen molar-refractivity contribution in [2.75, 3.05) is 12.3 Å². The SMILES string of the molecule is Nc1cc(S(=O)(=O)NCCc2ncno2)c(Cl)cc1F. The van der Waals surface area contributed by atoms with Gasteiger partial charge in [-0.05, 0) is 12.1 Å². The molecule has 7 nitrogen and oxygen atoms in total. The van der Waals surface area contributed by atoms with E-state index >= 15 is 0 Å². The lowest BCUT2D eigenvalue weighted by atomic mass is 10.3. The van der Waals surface area contributed by atoms with E-state index in [1.54, 1.807) is 0 Å².